The molecule has 1 aliphatic heterocycles. The zero-order valence-electron chi connectivity index (χ0n) is 7.78. The number of hydrogen-bond acceptors (Lipinski definition) is 4. The van der Waals surface area contributed by atoms with Crippen molar-refractivity contribution in [2.45, 2.75) is 11.8 Å². The number of thioether (sulfide) groups is 1. The van der Waals surface area contributed by atoms with Gasteiger partial charge in [-0.25, -0.2) is 0 Å². The third-order valence-corrected chi connectivity index (χ3v) is 2.89. The van der Waals surface area contributed by atoms with Gasteiger partial charge in [0, 0.05) is 10.5 Å². The van der Waals surface area contributed by atoms with Crippen LogP contribution in [0.2, 0.25) is 0 Å². The van der Waals surface area contributed by atoms with Crippen molar-refractivity contribution in [1.82, 2.24) is 0 Å². The molecule has 1 aromatic rings. The lowest BCUT2D eigenvalue weighted by Gasteiger charge is -2.04. The van der Waals surface area contributed by atoms with Crippen molar-refractivity contribution in [3.63, 3.8) is 0 Å². The van der Waals surface area contributed by atoms with Gasteiger partial charge in [0.1, 0.15) is 0 Å². The smallest absolute Gasteiger partial charge is 0.231 e. The zero-order chi connectivity index (χ0) is 9.97. The maximum Gasteiger partial charge on any atom is 0.231 e. The Hall–Kier alpha value is -1.16. The van der Waals surface area contributed by atoms with Crippen molar-refractivity contribution < 1.29 is 14.3 Å². The molecule has 0 aromatic heterocycles. The van der Waals surface area contributed by atoms with E-state index in [9.17, 15) is 4.79 Å². The van der Waals surface area contributed by atoms with Crippen LogP contribution in [0, 0.1) is 0 Å². The Morgan fingerprint density at radius 1 is 1.43 bits per heavy atom. The van der Waals surface area contributed by atoms with Gasteiger partial charge in [-0.1, -0.05) is 6.92 Å². The van der Waals surface area contributed by atoms with Crippen molar-refractivity contribution in [2.75, 3.05) is 12.5 Å². The van der Waals surface area contributed by atoms with Crippen LogP contribution in [0.3, 0.4) is 0 Å². The van der Waals surface area contributed by atoms with Gasteiger partial charge in [0.15, 0.2) is 17.8 Å². The van der Waals surface area contributed by atoms with Gasteiger partial charge in [-0.05, 0) is 17.9 Å². The Morgan fingerprint density at radius 2 is 2.14 bits per heavy atom. The Labute approximate surface area is 86.4 Å². The molecule has 1 aliphatic rings. The summed E-state index contributed by atoms with van der Waals surface area (Å²) in [5.41, 5.74) is 0.668. The van der Waals surface area contributed by atoms with Crippen molar-refractivity contribution in [3.05, 3.63) is 17.7 Å². The highest BCUT2D eigenvalue weighted by Crippen LogP contribution is 2.37. The first-order valence-corrected chi connectivity index (χ1v) is 5.35. The molecule has 4 heteroatoms. The Morgan fingerprint density at radius 3 is 2.79 bits per heavy atom. The number of carbonyl (C=O) groups excluding carboxylic acids is 1. The molecule has 0 fully saturated rings. The van der Waals surface area contributed by atoms with Gasteiger partial charge in [-0.3, -0.25) is 4.79 Å². The molecule has 0 unspecified atom stereocenters. The van der Waals surface area contributed by atoms with Gasteiger partial charge in [-0.2, -0.15) is 0 Å². The van der Waals surface area contributed by atoms with Crippen molar-refractivity contribution >= 4 is 18.0 Å². The largest absolute Gasteiger partial charge is 0.454 e. The molecule has 0 bridgehead atoms. The number of ether oxygens (including phenoxy) is 2. The molecule has 74 valence electrons. The first-order valence-electron chi connectivity index (χ1n) is 4.36. The predicted octanol–water partition coefficient (Wildman–Crippen LogP) is 2.34. The fraction of sp³-hybridized carbons (Fsp3) is 0.300. The summed E-state index contributed by atoms with van der Waals surface area (Å²) in [6.45, 7) is 2.29. The number of fused-ring (bicyclic) bond motifs is 1. The maximum atomic E-state index is 10.8. The van der Waals surface area contributed by atoms with E-state index < -0.39 is 0 Å². The maximum absolute atomic E-state index is 10.8. The Balaban J connectivity index is 2.43. The third-order valence-electron chi connectivity index (χ3n) is 1.93. The van der Waals surface area contributed by atoms with Crippen LogP contribution >= 0.6 is 11.8 Å². The molecule has 0 saturated heterocycles. The monoisotopic (exact) mass is 210 g/mol. The number of benzene rings is 1. The quantitative estimate of drug-likeness (QED) is 0.566. The molecule has 0 saturated carbocycles. The van der Waals surface area contributed by atoms with E-state index in [1.807, 2.05) is 13.0 Å². The van der Waals surface area contributed by atoms with Gasteiger partial charge in [0.25, 0.3) is 0 Å². The van der Waals surface area contributed by atoms with E-state index in [-0.39, 0.29) is 6.79 Å². The summed E-state index contributed by atoms with van der Waals surface area (Å²) >= 11 is 1.63. The van der Waals surface area contributed by atoms with E-state index in [1.165, 1.54) is 0 Å². The Bertz CT molecular complexity index is 363. The van der Waals surface area contributed by atoms with Crippen LogP contribution in [0.1, 0.15) is 17.3 Å². The van der Waals surface area contributed by atoms with Gasteiger partial charge in [0.05, 0.1) is 0 Å². The van der Waals surface area contributed by atoms with E-state index >= 15 is 0 Å². The predicted molar refractivity (Wildman–Crippen MR) is 54.4 cm³/mol. The van der Waals surface area contributed by atoms with Crippen molar-refractivity contribution in [1.29, 1.82) is 0 Å². The van der Waals surface area contributed by atoms with Crippen LogP contribution in [0.5, 0.6) is 11.5 Å². The van der Waals surface area contributed by atoms with Gasteiger partial charge in [-0.15, -0.1) is 11.8 Å². The first-order chi connectivity index (χ1) is 6.85. The molecule has 0 atom stereocenters. The summed E-state index contributed by atoms with van der Waals surface area (Å²) < 4.78 is 10.4. The molecule has 14 heavy (non-hydrogen) atoms. The topological polar surface area (TPSA) is 35.5 Å². The molecular weight excluding hydrogens is 200 g/mol. The summed E-state index contributed by atoms with van der Waals surface area (Å²) in [6, 6.07) is 3.59. The summed E-state index contributed by atoms with van der Waals surface area (Å²) in [5, 5.41) is 0. The lowest BCUT2D eigenvalue weighted by atomic mass is 10.2. The summed E-state index contributed by atoms with van der Waals surface area (Å²) in [4.78, 5) is 11.7. The second kappa shape index (κ2) is 3.92. The second-order valence-corrected chi connectivity index (χ2v) is 4.10. The molecule has 0 N–H and O–H groups in total. The van der Waals surface area contributed by atoms with Gasteiger partial charge in [0.2, 0.25) is 6.79 Å². The molecular formula is C10H10O3S. The van der Waals surface area contributed by atoms with Crippen LogP contribution < -0.4 is 9.47 Å². The molecule has 0 amide bonds. The van der Waals surface area contributed by atoms with Crippen LogP contribution in [0.25, 0.3) is 0 Å². The number of aldehydes is 1. The highest BCUT2D eigenvalue weighted by Gasteiger charge is 2.16. The lowest BCUT2D eigenvalue weighted by molar-refractivity contribution is 0.112. The van der Waals surface area contributed by atoms with E-state index in [4.69, 9.17) is 9.47 Å². The fourth-order valence-corrected chi connectivity index (χ4v) is 2.09. The standard InChI is InChI=1S/C10H10O3S/c1-2-14-10-4-9-8(12-6-13-9)3-7(10)5-11/h3-5H,2,6H2,1H3. The van der Waals surface area contributed by atoms with E-state index in [2.05, 4.69) is 0 Å². The fourth-order valence-electron chi connectivity index (χ4n) is 1.31. The first kappa shape index (κ1) is 9.40. The molecule has 2 rings (SSSR count). The molecule has 3 nitrogen and oxygen atoms in total. The van der Waals surface area contributed by atoms with E-state index in [0.29, 0.717) is 11.3 Å². The van der Waals surface area contributed by atoms with Crippen molar-refractivity contribution in [3.8, 4) is 11.5 Å². The molecule has 1 heterocycles. The number of carbonyl (C=O) groups is 1. The summed E-state index contributed by atoms with van der Waals surface area (Å²) in [6.07, 6.45) is 0.847. The van der Waals surface area contributed by atoms with Gasteiger partial charge < -0.3 is 9.47 Å². The minimum absolute atomic E-state index is 0.244. The minimum Gasteiger partial charge on any atom is -0.454 e. The molecule has 1 aromatic carbocycles. The van der Waals surface area contributed by atoms with Gasteiger partial charge >= 0.3 is 0 Å². The van der Waals surface area contributed by atoms with E-state index in [1.54, 1.807) is 17.8 Å². The molecule has 0 radical (unpaired) electrons. The van der Waals surface area contributed by atoms with Crippen molar-refractivity contribution in [2.24, 2.45) is 0 Å². The average molecular weight is 210 g/mol. The van der Waals surface area contributed by atoms with Crippen LogP contribution in [-0.4, -0.2) is 18.8 Å². The highest BCUT2D eigenvalue weighted by atomic mass is 32.2. The molecule has 0 spiro atoms. The average Bonchev–Trinajstić information content (AvgIpc) is 2.64. The summed E-state index contributed by atoms with van der Waals surface area (Å²) in [7, 11) is 0. The van der Waals surface area contributed by atoms with E-state index in [0.717, 1.165) is 22.7 Å². The van der Waals surface area contributed by atoms with Crippen LogP contribution in [0.15, 0.2) is 17.0 Å². The van der Waals surface area contributed by atoms with Crippen LogP contribution in [-0.2, 0) is 0 Å². The molecule has 0 aliphatic carbocycles. The zero-order valence-corrected chi connectivity index (χ0v) is 8.60. The normalized spacial score (nSPS) is 12.9. The number of hydrogen-bond donors (Lipinski definition) is 0. The second-order valence-electron chi connectivity index (χ2n) is 2.79. The summed E-state index contributed by atoms with van der Waals surface area (Å²) in [5.74, 6) is 2.32. The highest BCUT2D eigenvalue weighted by molar-refractivity contribution is 7.99. The van der Waals surface area contributed by atoms with Crippen LogP contribution in [0.4, 0.5) is 0 Å². The third kappa shape index (κ3) is 1.57. The number of rotatable bonds is 3. The lowest BCUT2D eigenvalue weighted by Crippen LogP contribution is -1.92. The SMILES string of the molecule is CCSc1cc2c(cc1C=O)OCO2. The Kier molecular flexibility index (Phi) is 2.63. The minimum atomic E-state index is 0.244.